The van der Waals surface area contributed by atoms with Crippen LogP contribution in [0.1, 0.15) is 30.4 Å². The van der Waals surface area contributed by atoms with E-state index in [1.165, 1.54) is 0 Å². The molecule has 4 heteroatoms. The zero-order valence-electron chi connectivity index (χ0n) is 9.66. The van der Waals surface area contributed by atoms with E-state index >= 15 is 0 Å². The van der Waals surface area contributed by atoms with Crippen LogP contribution < -0.4 is 9.47 Å². The second kappa shape index (κ2) is 3.60. The Morgan fingerprint density at radius 2 is 2.00 bits per heavy atom. The quantitative estimate of drug-likeness (QED) is 0.580. The molecule has 0 unspecified atom stereocenters. The van der Waals surface area contributed by atoms with Crippen LogP contribution in [0.25, 0.3) is 0 Å². The van der Waals surface area contributed by atoms with Crippen LogP contribution in [0.15, 0.2) is 17.1 Å². The molecule has 2 aliphatic rings. The van der Waals surface area contributed by atoms with Gasteiger partial charge in [0.15, 0.2) is 11.5 Å². The smallest absolute Gasteiger partial charge is 0.235 e. The predicted molar refractivity (Wildman–Crippen MR) is 61.0 cm³/mol. The highest BCUT2D eigenvalue weighted by Crippen LogP contribution is 2.48. The molecule has 17 heavy (non-hydrogen) atoms. The van der Waals surface area contributed by atoms with E-state index in [9.17, 15) is 4.79 Å². The average molecular weight is 231 g/mol. The first-order chi connectivity index (χ1) is 8.25. The summed E-state index contributed by atoms with van der Waals surface area (Å²) in [5.74, 6) is 1.52. The van der Waals surface area contributed by atoms with Crippen molar-refractivity contribution in [1.29, 1.82) is 0 Å². The fourth-order valence-corrected chi connectivity index (χ4v) is 2.59. The largest absolute Gasteiger partial charge is 0.454 e. The fourth-order valence-electron chi connectivity index (χ4n) is 2.59. The summed E-state index contributed by atoms with van der Waals surface area (Å²) < 4.78 is 10.7. The zero-order valence-corrected chi connectivity index (χ0v) is 9.66. The lowest BCUT2D eigenvalue weighted by Gasteiger charge is -2.38. The summed E-state index contributed by atoms with van der Waals surface area (Å²) in [5.41, 5.74) is 1.79. The number of benzene rings is 1. The third kappa shape index (κ3) is 1.45. The van der Waals surface area contributed by atoms with Crippen LogP contribution >= 0.6 is 0 Å². The van der Waals surface area contributed by atoms with E-state index in [1.807, 2.05) is 19.1 Å². The van der Waals surface area contributed by atoms with Crippen molar-refractivity contribution in [2.75, 3.05) is 6.79 Å². The first kappa shape index (κ1) is 10.4. The normalized spacial score (nSPS) is 19.4. The topological polar surface area (TPSA) is 47.9 Å². The molecule has 88 valence electrons. The van der Waals surface area contributed by atoms with Crippen molar-refractivity contribution in [2.24, 2.45) is 4.99 Å². The lowest BCUT2D eigenvalue weighted by molar-refractivity contribution is 0.173. The van der Waals surface area contributed by atoms with Gasteiger partial charge < -0.3 is 9.47 Å². The number of hydrogen-bond acceptors (Lipinski definition) is 4. The molecule has 1 aliphatic heterocycles. The summed E-state index contributed by atoms with van der Waals surface area (Å²) >= 11 is 0. The molecule has 0 atom stereocenters. The minimum Gasteiger partial charge on any atom is -0.454 e. The molecule has 0 radical (unpaired) electrons. The number of carbonyl (C=O) groups excluding carboxylic acids is 1. The highest BCUT2D eigenvalue weighted by Gasteiger charge is 2.40. The predicted octanol–water partition coefficient (Wildman–Crippen LogP) is 2.44. The Labute approximate surface area is 99.3 Å². The first-order valence-electron chi connectivity index (χ1n) is 5.75. The lowest BCUT2D eigenvalue weighted by Crippen LogP contribution is -2.32. The number of ether oxygens (including phenoxy) is 2. The zero-order chi connectivity index (χ0) is 11.9. The van der Waals surface area contributed by atoms with Crippen LogP contribution in [-0.2, 0) is 10.3 Å². The van der Waals surface area contributed by atoms with Crippen LogP contribution in [-0.4, -0.2) is 12.9 Å². The molecule has 1 aromatic carbocycles. The monoisotopic (exact) mass is 231 g/mol. The molecule has 0 amide bonds. The molecule has 0 N–H and O–H groups in total. The third-order valence-electron chi connectivity index (χ3n) is 3.66. The molecule has 1 fully saturated rings. The average Bonchev–Trinajstić information content (AvgIpc) is 2.69. The van der Waals surface area contributed by atoms with Gasteiger partial charge in [0.2, 0.25) is 12.9 Å². The van der Waals surface area contributed by atoms with Crippen molar-refractivity contribution >= 4 is 6.08 Å². The van der Waals surface area contributed by atoms with Gasteiger partial charge in [0, 0.05) is 0 Å². The molecule has 0 bridgehead atoms. The first-order valence-corrected chi connectivity index (χ1v) is 5.75. The summed E-state index contributed by atoms with van der Waals surface area (Å²) in [4.78, 5) is 14.6. The summed E-state index contributed by atoms with van der Waals surface area (Å²) in [6.07, 6.45) is 4.61. The minimum atomic E-state index is -0.368. The van der Waals surface area contributed by atoms with E-state index in [0.717, 1.165) is 41.9 Å². The summed E-state index contributed by atoms with van der Waals surface area (Å²) in [6, 6.07) is 3.91. The maximum atomic E-state index is 10.6. The fraction of sp³-hybridized carbons (Fsp3) is 0.462. The van der Waals surface area contributed by atoms with Crippen molar-refractivity contribution in [1.82, 2.24) is 0 Å². The van der Waals surface area contributed by atoms with Crippen molar-refractivity contribution in [3.8, 4) is 11.5 Å². The van der Waals surface area contributed by atoms with Crippen molar-refractivity contribution in [2.45, 2.75) is 31.7 Å². The van der Waals surface area contributed by atoms with Gasteiger partial charge in [-0.1, -0.05) is 0 Å². The number of nitrogens with zero attached hydrogens (tertiary/aromatic N) is 1. The van der Waals surface area contributed by atoms with E-state index in [2.05, 4.69) is 4.99 Å². The van der Waals surface area contributed by atoms with E-state index in [-0.39, 0.29) is 12.3 Å². The van der Waals surface area contributed by atoms with Gasteiger partial charge in [-0.25, -0.2) is 4.79 Å². The Hall–Kier alpha value is -1.80. The van der Waals surface area contributed by atoms with Crippen molar-refractivity contribution in [3.63, 3.8) is 0 Å². The van der Waals surface area contributed by atoms with Gasteiger partial charge in [-0.05, 0) is 49.4 Å². The molecular formula is C13H13NO3. The Balaban J connectivity index is 2.11. The minimum absolute atomic E-state index is 0.266. The Bertz CT molecular complexity index is 514. The molecule has 0 spiro atoms. The number of aliphatic imine (C=N–C) groups is 1. The molecule has 0 aromatic heterocycles. The molecule has 4 nitrogen and oxygen atoms in total. The molecular weight excluding hydrogens is 218 g/mol. The van der Waals surface area contributed by atoms with Gasteiger partial charge in [0.05, 0.1) is 5.54 Å². The van der Waals surface area contributed by atoms with E-state index < -0.39 is 0 Å². The lowest BCUT2D eigenvalue weighted by atomic mass is 9.71. The number of aryl methyl sites for hydroxylation is 1. The molecule has 1 aromatic rings. The van der Waals surface area contributed by atoms with Gasteiger partial charge in [-0.15, -0.1) is 0 Å². The Morgan fingerprint density at radius 1 is 1.29 bits per heavy atom. The SMILES string of the molecule is Cc1cc2c(cc1C1(N=C=O)CCC1)OCO2. The maximum Gasteiger partial charge on any atom is 0.235 e. The van der Waals surface area contributed by atoms with Gasteiger partial charge in [0.25, 0.3) is 0 Å². The summed E-state index contributed by atoms with van der Waals surface area (Å²) in [6.45, 7) is 2.28. The van der Waals surface area contributed by atoms with Gasteiger partial charge in [0.1, 0.15) is 0 Å². The highest BCUT2D eigenvalue weighted by atomic mass is 16.7. The number of fused-ring (bicyclic) bond motifs is 1. The molecule has 1 saturated carbocycles. The maximum absolute atomic E-state index is 10.6. The van der Waals surface area contributed by atoms with Crippen LogP contribution in [0.5, 0.6) is 11.5 Å². The Morgan fingerprint density at radius 3 is 2.59 bits per heavy atom. The van der Waals surface area contributed by atoms with Gasteiger partial charge in [-0.3, -0.25) is 0 Å². The molecule has 1 aliphatic carbocycles. The molecule has 0 saturated heterocycles. The van der Waals surface area contributed by atoms with Crippen LogP contribution in [0, 0.1) is 6.92 Å². The van der Waals surface area contributed by atoms with E-state index in [1.54, 1.807) is 6.08 Å². The molecule has 3 rings (SSSR count). The summed E-state index contributed by atoms with van der Waals surface area (Å²) in [5, 5.41) is 0. The second-order valence-electron chi connectivity index (χ2n) is 4.61. The highest BCUT2D eigenvalue weighted by molar-refractivity contribution is 5.52. The van der Waals surface area contributed by atoms with Crippen LogP contribution in [0.2, 0.25) is 0 Å². The standard InChI is InChI=1S/C13H13NO3/c1-9-5-11-12(17-8-16-11)6-10(9)13(14-7-15)3-2-4-13/h5-6H,2-4,8H2,1H3. The summed E-state index contributed by atoms with van der Waals surface area (Å²) in [7, 11) is 0. The second-order valence-corrected chi connectivity index (χ2v) is 4.61. The van der Waals surface area contributed by atoms with Gasteiger partial charge >= 0.3 is 0 Å². The van der Waals surface area contributed by atoms with E-state index in [0.29, 0.717) is 0 Å². The number of hydrogen-bond donors (Lipinski definition) is 0. The number of isocyanates is 1. The van der Waals surface area contributed by atoms with Gasteiger partial charge in [-0.2, -0.15) is 4.99 Å². The van der Waals surface area contributed by atoms with Crippen molar-refractivity contribution in [3.05, 3.63) is 23.3 Å². The molecule has 1 heterocycles. The van der Waals surface area contributed by atoms with Crippen molar-refractivity contribution < 1.29 is 14.3 Å². The van der Waals surface area contributed by atoms with Crippen LogP contribution in [0.4, 0.5) is 0 Å². The van der Waals surface area contributed by atoms with Crippen LogP contribution in [0.3, 0.4) is 0 Å². The third-order valence-corrected chi connectivity index (χ3v) is 3.66. The number of rotatable bonds is 2. The van der Waals surface area contributed by atoms with E-state index in [4.69, 9.17) is 9.47 Å². The Kier molecular flexibility index (Phi) is 2.20.